The van der Waals surface area contributed by atoms with E-state index in [2.05, 4.69) is 4.98 Å². The SMILES string of the molecule is CC(C)Cn1ccnc(N2CCC(C(=O)O)C2C)c1=O. The molecule has 2 atom stereocenters. The summed E-state index contributed by atoms with van der Waals surface area (Å²) in [5.41, 5.74) is -0.140. The average molecular weight is 279 g/mol. The third-order valence-corrected chi connectivity index (χ3v) is 3.80. The predicted molar refractivity (Wildman–Crippen MR) is 75.9 cm³/mol. The maximum Gasteiger partial charge on any atom is 0.308 e. The van der Waals surface area contributed by atoms with E-state index in [0.717, 1.165) is 0 Å². The van der Waals surface area contributed by atoms with Gasteiger partial charge in [0.1, 0.15) is 0 Å². The average Bonchev–Trinajstić information content (AvgIpc) is 2.73. The van der Waals surface area contributed by atoms with Crippen LogP contribution in [0.2, 0.25) is 0 Å². The number of aliphatic carboxylic acids is 1. The first-order chi connectivity index (χ1) is 9.41. The van der Waals surface area contributed by atoms with Crippen molar-refractivity contribution in [3.63, 3.8) is 0 Å². The Morgan fingerprint density at radius 2 is 2.25 bits per heavy atom. The quantitative estimate of drug-likeness (QED) is 0.896. The molecule has 0 radical (unpaired) electrons. The first-order valence-corrected chi connectivity index (χ1v) is 6.96. The van der Waals surface area contributed by atoms with Crippen molar-refractivity contribution in [3.05, 3.63) is 22.7 Å². The maximum atomic E-state index is 12.4. The number of nitrogens with zero attached hydrogens (tertiary/aromatic N) is 3. The van der Waals surface area contributed by atoms with E-state index in [1.165, 1.54) is 0 Å². The third kappa shape index (κ3) is 2.69. The van der Waals surface area contributed by atoms with Gasteiger partial charge in [-0.3, -0.25) is 9.59 Å². The molecule has 2 heterocycles. The lowest BCUT2D eigenvalue weighted by Gasteiger charge is -2.24. The van der Waals surface area contributed by atoms with Gasteiger partial charge in [0.25, 0.3) is 5.56 Å². The Morgan fingerprint density at radius 1 is 1.55 bits per heavy atom. The summed E-state index contributed by atoms with van der Waals surface area (Å²) in [6.45, 7) is 7.13. The number of carboxylic acid groups (broad SMARTS) is 1. The molecular formula is C14H21N3O3. The molecule has 2 rings (SSSR count). The Morgan fingerprint density at radius 3 is 2.80 bits per heavy atom. The topological polar surface area (TPSA) is 75.4 Å². The Hall–Kier alpha value is -1.85. The molecule has 20 heavy (non-hydrogen) atoms. The van der Waals surface area contributed by atoms with Crippen LogP contribution < -0.4 is 10.5 Å². The molecule has 0 spiro atoms. The summed E-state index contributed by atoms with van der Waals surface area (Å²) in [5.74, 6) is -0.511. The zero-order valence-electron chi connectivity index (χ0n) is 12.1. The van der Waals surface area contributed by atoms with Crippen molar-refractivity contribution in [2.45, 2.75) is 39.8 Å². The monoisotopic (exact) mass is 279 g/mol. The smallest absolute Gasteiger partial charge is 0.308 e. The van der Waals surface area contributed by atoms with Gasteiger partial charge in [-0.2, -0.15) is 0 Å². The lowest BCUT2D eigenvalue weighted by Crippen LogP contribution is -2.38. The molecule has 1 fully saturated rings. The molecule has 0 aliphatic carbocycles. The van der Waals surface area contributed by atoms with Crippen LogP contribution in [0.1, 0.15) is 27.2 Å². The van der Waals surface area contributed by atoms with E-state index in [4.69, 9.17) is 5.11 Å². The fourth-order valence-corrected chi connectivity index (χ4v) is 2.74. The summed E-state index contributed by atoms with van der Waals surface area (Å²) < 4.78 is 1.65. The molecule has 1 aliphatic heterocycles. The van der Waals surface area contributed by atoms with Crippen molar-refractivity contribution in [3.8, 4) is 0 Å². The summed E-state index contributed by atoms with van der Waals surface area (Å²) in [6, 6.07) is -0.206. The minimum Gasteiger partial charge on any atom is -0.481 e. The zero-order valence-corrected chi connectivity index (χ0v) is 12.1. The lowest BCUT2D eigenvalue weighted by molar-refractivity contribution is -0.141. The number of aromatic nitrogens is 2. The number of carbonyl (C=O) groups is 1. The van der Waals surface area contributed by atoms with E-state index in [9.17, 15) is 9.59 Å². The van der Waals surface area contributed by atoms with Gasteiger partial charge in [0.2, 0.25) is 0 Å². The summed E-state index contributed by atoms with van der Waals surface area (Å²) in [5, 5.41) is 9.16. The van der Waals surface area contributed by atoms with Crippen LogP contribution in [0.4, 0.5) is 5.82 Å². The van der Waals surface area contributed by atoms with Crippen molar-refractivity contribution < 1.29 is 9.90 Å². The number of hydrogen-bond acceptors (Lipinski definition) is 4. The van der Waals surface area contributed by atoms with Crippen LogP contribution in [-0.4, -0.2) is 33.2 Å². The van der Waals surface area contributed by atoms with E-state index >= 15 is 0 Å². The molecule has 1 aromatic heterocycles. The first kappa shape index (κ1) is 14.6. The van der Waals surface area contributed by atoms with E-state index in [1.807, 2.05) is 25.7 Å². The van der Waals surface area contributed by atoms with Crippen LogP contribution in [-0.2, 0) is 11.3 Å². The second-order valence-corrected chi connectivity index (χ2v) is 5.77. The van der Waals surface area contributed by atoms with Crippen LogP contribution in [0.3, 0.4) is 0 Å². The number of rotatable bonds is 4. The molecule has 2 unspecified atom stereocenters. The second kappa shape index (κ2) is 5.64. The van der Waals surface area contributed by atoms with Gasteiger partial charge >= 0.3 is 5.97 Å². The summed E-state index contributed by atoms with van der Waals surface area (Å²) in [4.78, 5) is 29.6. The molecule has 0 bridgehead atoms. The van der Waals surface area contributed by atoms with Crippen molar-refractivity contribution in [2.24, 2.45) is 11.8 Å². The summed E-state index contributed by atoms with van der Waals surface area (Å²) >= 11 is 0. The van der Waals surface area contributed by atoms with Gasteiger partial charge in [-0.05, 0) is 19.3 Å². The van der Waals surface area contributed by atoms with Crippen LogP contribution in [0.15, 0.2) is 17.2 Å². The predicted octanol–water partition coefficient (Wildman–Crippen LogP) is 1.20. The number of carboxylic acids is 1. The van der Waals surface area contributed by atoms with Gasteiger partial charge < -0.3 is 14.6 Å². The molecule has 1 aromatic rings. The highest BCUT2D eigenvalue weighted by Crippen LogP contribution is 2.26. The van der Waals surface area contributed by atoms with E-state index < -0.39 is 11.9 Å². The molecule has 6 heteroatoms. The normalized spacial score (nSPS) is 22.5. The van der Waals surface area contributed by atoms with E-state index in [-0.39, 0.29) is 11.6 Å². The Labute approximate surface area is 118 Å². The van der Waals surface area contributed by atoms with Crippen molar-refractivity contribution in [1.82, 2.24) is 9.55 Å². The molecule has 1 saturated heterocycles. The van der Waals surface area contributed by atoms with Gasteiger partial charge in [0.05, 0.1) is 5.92 Å². The largest absolute Gasteiger partial charge is 0.481 e. The summed E-state index contributed by atoms with van der Waals surface area (Å²) in [7, 11) is 0. The standard InChI is InChI=1S/C14H21N3O3/c1-9(2)8-16-7-5-15-12(13(16)18)17-6-4-11(10(17)3)14(19)20/h5,7,9-11H,4,6,8H2,1-3H3,(H,19,20). The fraction of sp³-hybridized carbons (Fsp3) is 0.643. The Balaban J connectivity index is 2.30. The Bertz CT molecular complexity index is 553. The van der Waals surface area contributed by atoms with Crippen LogP contribution in [0.25, 0.3) is 0 Å². The zero-order chi connectivity index (χ0) is 14.9. The molecule has 1 aliphatic rings. The molecule has 110 valence electrons. The molecule has 0 saturated carbocycles. The van der Waals surface area contributed by atoms with Crippen molar-refractivity contribution >= 4 is 11.8 Å². The van der Waals surface area contributed by atoms with E-state index in [0.29, 0.717) is 31.2 Å². The minimum absolute atomic E-state index is 0.140. The van der Waals surface area contributed by atoms with Gasteiger partial charge in [-0.15, -0.1) is 0 Å². The van der Waals surface area contributed by atoms with Crippen LogP contribution in [0.5, 0.6) is 0 Å². The van der Waals surface area contributed by atoms with Crippen LogP contribution in [0, 0.1) is 11.8 Å². The van der Waals surface area contributed by atoms with Gasteiger partial charge in [-0.1, -0.05) is 13.8 Å². The molecule has 0 amide bonds. The molecule has 0 aromatic carbocycles. The molecular weight excluding hydrogens is 258 g/mol. The van der Waals surface area contributed by atoms with E-state index in [1.54, 1.807) is 17.0 Å². The van der Waals surface area contributed by atoms with Crippen LogP contribution >= 0.6 is 0 Å². The van der Waals surface area contributed by atoms with Gasteiger partial charge in [0, 0.05) is 31.5 Å². The molecule has 1 N–H and O–H groups in total. The highest BCUT2D eigenvalue weighted by molar-refractivity contribution is 5.72. The van der Waals surface area contributed by atoms with Crippen molar-refractivity contribution in [2.75, 3.05) is 11.4 Å². The third-order valence-electron chi connectivity index (χ3n) is 3.80. The minimum atomic E-state index is -0.807. The highest BCUT2D eigenvalue weighted by atomic mass is 16.4. The first-order valence-electron chi connectivity index (χ1n) is 6.96. The molecule has 6 nitrogen and oxygen atoms in total. The maximum absolute atomic E-state index is 12.4. The van der Waals surface area contributed by atoms with Gasteiger partial charge in [0.15, 0.2) is 5.82 Å². The lowest BCUT2D eigenvalue weighted by atomic mass is 10.0. The van der Waals surface area contributed by atoms with Gasteiger partial charge in [-0.25, -0.2) is 4.98 Å². The fourth-order valence-electron chi connectivity index (χ4n) is 2.74. The Kier molecular flexibility index (Phi) is 4.11. The highest BCUT2D eigenvalue weighted by Gasteiger charge is 2.37. The summed E-state index contributed by atoms with van der Waals surface area (Å²) in [6.07, 6.45) is 3.85. The second-order valence-electron chi connectivity index (χ2n) is 5.77. The van der Waals surface area contributed by atoms with Crippen molar-refractivity contribution in [1.29, 1.82) is 0 Å². The number of hydrogen-bond donors (Lipinski definition) is 1. The number of anilines is 1.